The molecule has 4 aromatic rings. The van der Waals surface area contributed by atoms with E-state index in [2.05, 4.69) is 11.1 Å². The maximum atomic E-state index is 13.9. The number of hydrogen-bond donors (Lipinski definition) is 1. The first-order valence-electron chi connectivity index (χ1n) is 14.1. The van der Waals surface area contributed by atoms with Gasteiger partial charge in [0.15, 0.2) is 11.5 Å². The highest BCUT2D eigenvalue weighted by atomic mass is 16.6. The molecule has 0 bridgehead atoms. The summed E-state index contributed by atoms with van der Waals surface area (Å²) >= 11 is 0. The molecule has 10 nitrogen and oxygen atoms in total. The molecule has 1 saturated carbocycles. The number of para-hydroxylation sites is 1. The Hall–Kier alpha value is -5.12. The summed E-state index contributed by atoms with van der Waals surface area (Å²) < 4.78 is 10.9. The zero-order valence-corrected chi connectivity index (χ0v) is 24.2. The Morgan fingerprint density at radius 3 is 2.47 bits per heavy atom. The second-order valence-corrected chi connectivity index (χ2v) is 10.5. The Bertz CT molecular complexity index is 1640. The number of nitrogens with one attached hydrogen (secondary N) is 1. The summed E-state index contributed by atoms with van der Waals surface area (Å²) in [5.41, 5.74) is 3.68. The Morgan fingerprint density at radius 1 is 1.02 bits per heavy atom. The number of carbonyl (C=O) groups excluding carboxylic acids is 2. The van der Waals surface area contributed by atoms with Crippen LogP contribution in [0.25, 0.3) is 17.0 Å². The fourth-order valence-corrected chi connectivity index (χ4v) is 5.07. The van der Waals surface area contributed by atoms with Gasteiger partial charge < -0.3 is 24.3 Å². The second kappa shape index (κ2) is 13.2. The highest BCUT2D eigenvalue weighted by Gasteiger charge is 2.34. The zero-order valence-electron chi connectivity index (χ0n) is 24.2. The monoisotopic (exact) mass is 582 g/mol. The number of ether oxygens (including phenoxy) is 2. The Morgan fingerprint density at radius 2 is 1.77 bits per heavy atom. The van der Waals surface area contributed by atoms with E-state index < -0.39 is 4.92 Å². The number of benzene rings is 3. The molecule has 0 unspecified atom stereocenters. The van der Waals surface area contributed by atoms with Crippen LogP contribution in [0.15, 0.2) is 79.0 Å². The van der Waals surface area contributed by atoms with Crippen LogP contribution in [-0.4, -0.2) is 64.9 Å². The van der Waals surface area contributed by atoms with Crippen LogP contribution in [0, 0.1) is 10.1 Å². The summed E-state index contributed by atoms with van der Waals surface area (Å²) in [4.78, 5) is 44.3. The van der Waals surface area contributed by atoms with Crippen LogP contribution in [0.4, 0.5) is 5.69 Å². The molecular formula is C33H34N4O6. The van der Waals surface area contributed by atoms with Gasteiger partial charge in [-0.1, -0.05) is 24.3 Å². The number of rotatable bonds is 13. The zero-order chi connectivity index (χ0) is 30.3. The number of amides is 2. The van der Waals surface area contributed by atoms with E-state index in [9.17, 15) is 19.7 Å². The first kappa shape index (κ1) is 29.4. The Labute approximate surface area is 249 Å². The van der Waals surface area contributed by atoms with Crippen molar-refractivity contribution in [2.45, 2.75) is 31.8 Å². The molecule has 1 aliphatic rings. The van der Waals surface area contributed by atoms with Gasteiger partial charge in [-0.2, -0.15) is 0 Å². The van der Waals surface area contributed by atoms with Crippen LogP contribution >= 0.6 is 0 Å². The molecule has 10 heteroatoms. The molecule has 0 aliphatic heterocycles. The summed E-state index contributed by atoms with van der Waals surface area (Å²) in [6.07, 6.45) is 7.35. The van der Waals surface area contributed by atoms with Gasteiger partial charge >= 0.3 is 0 Å². The standard InChI is InChI=1S/C33H34N4O6/c1-42-30-15-9-24(19-31(30)43-2)21-35(18-17-25-20-34-29-6-4-3-5-28(25)29)33(39)22-36(26-13-14-26)32(38)16-10-23-7-11-27(12-8-23)37(40)41/h3-12,15-16,19-20,26,34H,13-14,17-18,21-22H2,1-2H3/b16-10+. The van der Waals surface area contributed by atoms with Crippen molar-refractivity contribution in [2.75, 3.05) is 27.3 Å². The van der Waals surface area contributed by atoms with E-state index in [4.69, 9.17) is 9.47 Å². The highest BCUT2D eigenvalue weighted by molar-refractivity contribution is 5.95. The molecule has 222 valence electrons. The van der Waals surface area contributed by atoms with Gasteiger partial charge in [-0.05, 0) is 72.4 Å². The molecule has 5 rings (SSSR count). The molecule has 2 amide bonds. The minimum Gasteiger partial charge on any atom is -0.493 e. The minimum atomic E-state index is -0.467. The third-order valence-electron chi connectivity index (χ3n) is 7.60. The average molecular weight is 583 g/mol. The maximum absolute atomic E-state index is 13.9. The second-order valence-electron chi connectivity index (χ2n) is 10.5. The van der Waals surface area contributed by atoms with Crippen LogP contribution in [-0.2, 0) is 22.6 Å². The van der Waals surface area contributed by atoms with E-state index in [0.29, 0.717) is 36.6 Å². The van der Waals surface area contributed by atoms with E-state index in [1.165, 1.54) is 18.2 Å². The third kappa shape index (κ3) is 7.21. The fourth-order valence-electron chi connectivity index (χ4n) is 5.07. The van der Waals surface area contributed by atoms with Crippen molar-refractivity contribution in [3.05, 3.63) is 106 Å². The summed E-state index contributed by atoms with van der Waals surface area (Å²) in [7, 11) is 3.15. The predicted octanol–water partition coefficient (Wildman–Crippen LogP) is 5.37. The van der Waals surface area contributed by atoms with Gasteiger partial charge in [-0.3, -0.25) is 19.7 Å². The van der Waals surface area contributed by atoms with Crippen LogP contribution in [0.3, 0.4) is 0 Å². The van der Waals surface area contributed by atoms with Crippen LogP contribution in [0.1, 0.15) is 29.5 Å². The van der Waals surface area contributed by atoms with E-state index in [1.807, 2.05) is 42.6 Å². The molecule has 1 N–H and O–H groups in total. The molecule has 1 heterocycles. The van der Waals surface area contributed by atoms with Crippen molar-refractivity contribution < 1.29 is 24.0 Å². The molecular weight excluding hydrogens is 548 g/mol. The summed E-state index contributed by atoms with van der Waals surface area (Å²) in [6.45, 7) is 0.752. The quantitative estimate of drug-likeness (QED) is 0.129. The lowest BCUT2D eigenvalue weighted by Gasteiger charge is -2.27. The average Bonchev–Trinajstić information content (AvgIpc) is 3.79. The van der Waals surface area contributed by atoms with Crippen LogP contribution in [0.5, 0.6) is 11.5 Å². The van der Waals surface area contributed by atoms with E-state index in [0.717, 1.165) is 34.9 Å². The number of nitro benzene ring substituents is 1. The Kier molecular flexibility index (Phi) is 9.05. The van der Waals surface area contributed by atoms with Crippen LogP contribution < -0.4 is 9.47 Å². The number of nitro groups is 1. The van der Waals surface area contributed by atoms with Crippen molar-refractivity contribution >= 4 is 34.5 Å². The molecule has 3 aromatic carbocycles. The number of H-pyrrole nitrogens is 1. The van der Waals surface area contributed by atoms with Gasteiger partial charge in [0.2, 0.25) is 11.8 Å². The molecule has 1 aliphatic carbocycles. The Balaban J connectivity index is 1.33. The van der Waals surface area contributed by atoms with Gasteiger partial charge in [0, 0.05) is 54.4 Å². The van der Waals surface area contributed by atoms with E-state index in [1.54, 1.807) is 42.2 Å². The van der Waals surface area contributed by atoms with Gasteiger partial charge in [0.1, 0.15) is 6.54 Å². The normalized spacial score (nSPS) is 12.8. The summed E-state index contributed by atoms with van der Waals surface area (Å²) in [6, 6.07) is 19.6. The van der Waals surface area contributed by atoms with Crippen molar-refractivity contribution in [2.24, 2.45) is 0 Å². The fraction of sp³-hybridized carbons (Fsp3) is 0.273. The van der Waals surface area contributed by atoms with Crippen molar-refractivity contribution in [1.29, 1.82) is 0 Å². The molecule has 0 spiro atoms. The SMILES string of the molecule is COc1ccc(CN(CCc2c[nH]c3ccccc23)C(=O)CN(C(=O)/C=C/c2ccc([N+](=O)[O-])cc2)C2CC2)cc1OC. The molecule has 1 aromatic heterocycles. The summed E-state index contributed by atoms with van der Waals surface area (Å²) in [5.74, 6) is 0.763. The summed E-state index contributed by atoms with van der Waals surface area (Å²) in [5, 5.41) is 12.0. The maximum Gasteiger partial charge on any atom is 0.269 e. The lowest BCUT2D eigenvalue weighted by Crippen LogP contribution is -2.43. The van der Waals surface area contributed by atoms with Crippen molar-refractivity contribution in [1.82, 2.24) is 14.8 Å². The largest absolute Gasteiger partial charge is 0.493 e. The first-order valence-corrected chi connectivity index (χ1v) is 14.1. The molecule has 0 atom stereocenters. The van der Waals surface area contributed by atoms with Gasteiger partial charge in [-0.25, -0.2) is 0 Å². The number of fused-ring (bicyclic) bond motifs is 1. The number of carbonyl (C=O) groups is 2. The molecule has 0 saturated heterocycles. The lowest BCUT2D eigenvalue weighted by atomic mass is 10.1. The van der Waals surface area contributed by atoms with Gasteiger partial charge in [-0.15, -0.1) is 0 Å². The van der Waals surface area contributed by atoms with Gasteiger partial charge in [0.25, 0.3) is 5.69 Å². The van der Waals surface area contributed by atoms with Crippen LogP contribution in [0.2, 0.25) is 0 Å². The number of aromatic amines is 1. The predicted molar refractivity (Wildman–Crippen MR) is 164 cm³/mol. The minimum absolute atomic E-state index is 0.00880. The topological polar surface area (TPSA) is 118 Å². The van der Waals surface area contributed by atoms with E-state index >= 15 is 0 Å². The number of methoxy groups -OCH3 is 2. The smallest absolute Gasteiger partial charge is 0.269 e. The highest BCUT2D eigenvalue weighted by Crippen LogP contribution is 2.30. The number of hydrogen-bond acceptors (Lipinski definition) is 6. The number of aromatic nitrogens is 1. The van der Waals surface area contributed by atoms with E-state index in [-0.39, 0.29) is 30.1 Å². The molecule has 43 heavy (non-hydrogen) atoms. The third-order valence-corrected chi connectivity index (χ3v) is 7.60. The lowest BCUT2D eigenvalue weighted by molar-refractivity contribution is -0.384. The number of nitrogens with zero attached hydrogens (tertiary/aromatic N) is 3. The van der Waals surface area contributed by atoms with Gasteiger partial charge in [0.05, 0.1) is 19.1 Å². The molecule has 0 radical (unpaired) electrons. The van der Waals surface area contributed by atoms with Crippen molar-refractivity contribution in [3.8, 4) is 11.5 Å². The first-order chi connectivity index (χ1) is 20.9. The van der Waals surface area contributed by atoms with Crippen molar-refractivity contribution in [3.63, 3.8) is 0 Å². The number of non-ortho nitro benzene ring substituents is 1. The molecule has 1 fully saturated rings.